The molecule has 0 aliphatic rings. The maximum Gasteiger partial charge on any atom is 0.255 e. The van der Waals surface area contributed by atoms with E-state index in [0.717, 1.165) is 11.3 Å². The van der Waals surface area contributed by atoms with Gasteiger partial charge in [-0.2, -0.15) is 0 Å². The van der Waals surface area contributed by atoms with Crippen molar-refractivity contribution in [3.63, 3.8) is 0 Å². The summed E-state index contributed by atoms with van der Waals surface area (Å²) in [5, 5.41) is 14.9. The third kappa shape index (κ3) is 4.18. The molecule has 0 spiro atoms. The Morgan fingerprint density at radius 1 is 1.23 bits per heavy atom. The quantitative estimate of drug-likeness (QED) is 0.717. The van der Waals surface area contributed by atoms with Gasteiger partial charge in [0.2, 0.25) is 0 Å². The molecule has 0 atom stereocenters. The lowest BCUT2D eigenvalue weighted by atomic mass is 10.1. The van der Waals surface area contributed by atoms with E-state index in [-0.39, 0.29) is 12.5 Å². The molecule has 2 aromatic carbocycles. The molecule has 3 aromatic rings. The summed E-state index contributed by atoms with van der Waals surface area (Å²) in [6.45, 7) is 4.78. The number of carbonyl (C=O) groups excluding carboxylic acids is 1. The highest BCUT2D eigenvalue weighted by Gasteiger charge is 2.09. The summed E-state index contributed by atoms with van der Waals surface area (Å²) in [5.41, 5.74) is 2.16. The molecule has 1 aromatic heterocycles. The van der Waals surface area contributed by atoms with Gasteiger partial charge >= 0.3 is 0 Å². The number of anilines is 1. The van der Waals surface area contributed by atoms with E-state index in [2.05, 4.69) is 20.8 Å². The Morgan fingerprint density at radius 2 is 2.00 bits per heavy atom. The molecule has 0 radical (unpaired) electrons. The highest BCUT2D eigenvalue weighted by molar-refractivity contribution is 6.30. The second-order valence-corrected chi connectivity index (χ2v) is 6.07. The number of aromatic nitrogens is 4. The van der Waals surface area contributed by atoms with Crippen LogP contribution in [0.4, 0.5) is 5.69 Å². The van der Waals surface area contributed by atoms with E-state index in [9.17, 15) is 4.79 Å². The largest absolute Gasteiger partial charge is 0.486 e. The minimum atomic E-state index is -0.197. The Kier molecular flexibility index (Phi) is 5.48. The lowest BCUT2D eigenvalue weighted by molar-refractivity contribution is 0.102. The van der Waals surface area contributed by atoms with Crippen molar-refractivity contribution in [1.29, 1.82) is 0 Å². The van der Waals surface area contributed by atoms with Gasteiger partial charge in [0.25, 0.3) is 5.91 Å². The number of rotatable bonds is 6. The van der Waals surface area contributed by atoms with Crippen LogP contribution in [-0.2, 0) is 13.2 Å². The second-order valence-electron chi connectivity index (χ2n) is 5.64. The van der Waals surface area contributed by atoms with Crippen LogP contribution in [0.15, 0.2) is 42.5 Å². The molecular weight excluding hydrogens is 354 g/mol. The number of aryl methyl sites for hydroxylation is 2. The van der Waals surface area contributed by atoms with Gasteiger partial charge < -0.3 is 10.1 Å². The molecule has 1 N–H and O–H groups in total. The van der Waals surface area contributed by atoms with Crippen molar-refractivity contribution in [1.82, 2.24) is 20.2 Å². The molecule has 0 bridgehead atoms. The number of nitrogens with one attached hydrogen (secondary N) is 1. The van der Waals surface area contributed by atoms with Crippen molar-refractivity contribution in [3.05, 3.63) is 64.4 Å². The first kappa shape index (κ1) is 17.9. The minimum Gasteiger partial charge on any atom is -0.486 e. The molecule has 8 heteroatoms. The van der Waals surface area contributed by atoms with Crippen molar-refractivity contribution >= 4 is 23.2 Å². The predicted molar refractivity (Wildman–Crippen MR) is 98.4 cm³/mol. The number of hydrogen-bond donors (Lipinski definition) is 1. The van der Waals surface area contributed by atoms with Crippen molar-refractivity contribution in [2.24, 2.45) is 0 Å². The second kappa shape index (κ2) is 7.97. The molecular formula is C18H18ClN5O2. The zero-order valence-electron chi connectivity index (χ0n) is 14.4. The zero-order chi connectivity index (χ0) is 18.5. The van der Waals surface area contributed by atoms with Crippen LogP contribution >= 0.6 is 11.6 Å². The Bertz CT molecular complexity index is 908. The van der Waals surface area contributed by atoms with E-state index in [0.29, 0.717) is 28.7 Å². The molecule has 0 saturated heterocycles. The summed E-state index contributed by atoms with van der Waals surface area (Å²) in [6.07, 6.45) is 0. The van der Waals surface area contributed by atoms with Gasteiger partial charge in [-0.05, 0) is 72.3 Å². The number of amides is 1. The molecule has 0 saturated carbocycles. The van der Waals surface area contributed by atoms with Crippen LogP contribution in [0.2, 0.25) is 5.02 Å². The molecule has 26 heavy (non-hydrogen) atoms. The van der Waals surface area contributed by atoms with E-state index in [4.69, 9.17) is 16.3 Å². The molecule has 0 unspecified atom stereocenters. The van der Waals surface area contributed by atoms with Crippen LogP contribution in [-0.4, -0.2) is 26.1 Å². The van der Waals surface area contributed by atoms with Crippen LogP contribution in [0.1, 0.15) is 28.7 Å². The van der Waals surface area contributed by atoms with Gasteiger partial charge in [0.15, 0.2) is 5.82 Å². The van der Waals surface area contributed by atoms with Gasteiger partial charge in [0, 0.05) is 22.8 Å². The zero-order valence-corrected chi connectivity index (χ0v) is 15.2. The molecule has 0 aliphatic heterocycles. The monoisotopic (exact) mass is 371 g/mol. The fourth-order valence-electron chi connectivity index (χ4n) is 2.38. The standard InChI is InChI=1S/C18H18ClN5O2/c1-3-24-17(21-22-23-24)11-26-15-7-4-13(5-8-15)18(25)20-16-9-6-14(19)10-12(16)2/h4-10H,3,11H2,1-2H3,(H,20,25). The van der Waals surface area contributed by atoms with E-state index < -0.39 is 0 Å². The summed E-state index contributed by atoms with van der Waals surface area (Å²) < 4.78 is 7.33. The smallest absolute Gasteiger partial charge is 0.255 e. The van der Waals surface area contributed by atoms with Crippen molar-refractivity contribution < 1.29 is 9.53 Å². The molecule has 134 valence electrons. The molecule has 3 rings (SSSR count). The summed E-state index contributed by atoms with van der Waals surface area (Å²) >= 11 is 5.93. The van der Waals surface area contributed by atoms with Crippen molar-refractivity contribution in [2.75, 3.05) is 5.32 Å². The number of hydrogen-bond acceptors (Lipinski definition) is 5. The topological polar surface area (TPSA) is 81.9 Å². The van der Waals surface area contributed by atoms with Crippen LogP contribution in [0.25, 0.3) is 0 Å². The maximum absolute atomic E-state index is 12.4. The number of carbonyl (C=O) groups is 1. The molecule has 7 nitrogen and oxygen atoms in total. The van der Waals surface area contributed by atoms with Crippen LogP contribution in [0.3, 0.4) is 0 Å². The van der Waals surface area contributed by atoms with E-state index >= 15 is 0 Å². The van der Waals surface area contributed by atoms with Crippen LogP contribution in [0.5, 0.6) is 5.75 Å². The van der Waals surface area contributed by atoms with E-state index in [1.165, 1.54) is 0 Å². The van der Waals surface area contributed by atoms with Gasteiger partial charge in [0.1, 0.15) is 12.4 Å². The van der Waals surface area contributed by atoms with Gasteiger partial charge in [0.05, 0.1) is 0 Å². The first-order valence-electron chi connectivity index (χ1n) is 8.12. The average Bonchev–Trinajstić information content (AvgIpc) is 3.10. The lowest BCUT2D eigenvalue weighted by Gasteiger charge is -2.10. The average molecular weight is 372 g/mol. The first-order chi connectivity index (χ1) is 12.6. The Balaban J connectivity index is 1.62. The maximum atomic E-state index is 12.4. The minimum absolute atomic E-state index is 0.197. The lowest BCUT2D eigenvalue weighted by Crippen LogP contribution is -2.12. The Morgan fingerprint density at radius 3 is 2.69 bits per heavy atom. The summed E-state index contributed by atoms with van der Waals surface area (Å²) in [7, 11) is 0. The third-order valence-corrected chi connectivity index (χ3v) is 4.06. The molecule has 0 fully saturated rings. The first-order valence-corrected chi connectivity index (χ1v) is 8.50. The predicted octanol–water partition coefficient (Wildman–Crippen LogP) is 3.49. The Hall–Kier alpha value is -2.93. The summed E-state index contributed by atoms with van der Waals surface area (Å²) in [4.78, 5) is 12.4. The third-order valence-electron chi connectivity index (χ3n) is 3.83. The molecule has 1 amide bonds. The fourth-order valence-corrected chi connectivity index (χ4v) is 2.61. The number of benzene rings is 2. The summed E-state index contributed by atoms with van der Waals surface area (Å²) in [6, 6.07) is 12.2. The highest BCUT2D eigenvalue weighted by Crippen LogP contribution is 2.21. The number of nitrogens with zero attached hydrogens (tertiary/aromatic N) is 4. The fraction of sp³-hybridized carbons (Fsp3) is 0.222. The number of halogens is 1. The van der Waals surface area contributed by atoms with Gasteiger partial charge in [-0.1, -0.05) is 11.6 Å². The van der Waals surface area contributed by atoms with Crippen LogP contribution in [0, 0.1) is 6.92 Å². The van der Waals surface area contributed by atoms with Crippen LogP contribution < -0.4 is 10.1 Å². The summed E-state index contributed by atoms with van der Waals surface area (Å²) in [5.74, 6) is 1.08. The molecule has 0 aliphatic carbocycles. The van der Waals surface area contributed by atoms with Gasteiger partial charge in [-0.15, -0.1) is 5.10 Å². The highest BCUT2D eigenvalue weighted by atomic mass is 35.5. The Labute approximate surface area is 155 Å². The number of tetrazole rings is 1. The normalized spacial score (nSPS) is 10.6. The SMILES string of the molecule is CCn1nnnc1COc1ccc(C(=O)Nc2ccc(Cl)cc2C)cc1. The van der Waals surface area contributed by atoms with Crippen molar-refractivity contribution in [2.45, 2.75) is 27.0 Å². The van der Waals surface area contributed by atoms with Crippen molar-refractivity contribution in [3.8, 4) is 5.75 Å². The van der Waals surface area contributed by atoms with E-state index in [1.807, 2.05) is 13.8 Å². The molecule has 1 heterocycles. The van der Waals surface area contributed by atoms with Gasteiger partial charge in [-0.25, -0.2) is 4.68 Å². The van der Waals surface area contributed by atoms with Gasteiger partial charge in [-0.3, -0.25) is 4.79 Å². The van der Waals surface area contributed by atoms with E-state index in [1.54, 1.807) is 47.1 Å². The number of ether oxygens (including phenoxy) is 1.